The molecule has 0 saturated heterocycles. The highest BCUT2D eigenvalue weighted by molar-refractivity contribution is 5.77. The molecule has 0 aliphatic rings. The van der Waals surface area contributed by atoms with E-state index in [9.17, 15) is 0 Å². The van der Waals surface area contributed by atoms with Crippen LogP contribution in [-0.4, -0.2) is 20.4 Å². The van der Waals surface area contributed by atoms with E-state index in [1.807, 2.05) is 6.07 Å². The Morgan fingerprint density at radius 1 is 0.967 bits per heavy atom. The minimum atomic E-state index is 0.205. The number of hydrogen-bond donors (Lipinski definition) is 2. The zero-order valence-electron chi connectivity index (χ0n) is 17.7. The molecule has 2 heterocycles. The maximum Gasteiger partial charge on any atom is 0.203 e. The Kier molecular flexibility index (Phi) is 5.79. The van der Waals surface area contributed by atoms with Gasteiger partial charge in [0.1, 0.15) is 11.3 Å². The van der Waals surface area contributed by atoms with Crippen molar-refractivity contribution >= 4 is 17.0 Å². The average molecular weight is 400 g/mol. The first-order chi connectivity index (χ1) is 14.5. The van der Waals surface area contributed by atoms with Crippen molar-refractivity contribution in [1.29, 1.82) is 0 Å². The first-order valence-electron chi connectivity index (χ1n) is 10.6. The fraction of sp³-hybridized carbons (Fsp3) is 0.320. The lowest BCUT2D eigenvalue weighted by molar-refractivity contribution is 0.316. The van der Waals surface area contributed by atoms with Crippen molar-refractivity contribution in [2.24, 2.45) is 5.41 Å². The lowest BCUT2D eigenvalue weighted by Gasteiger charge is -2.26. The SMILES string of the molecule is CC(C)(CCCC(c1ccccc1)c1cc(N)nc2n[nH]nc12)Cc1ccccc1. The topological polar surface area (TPSA) is 80.5 Å². The lowest BCUT2D eigenvalue weighted by atomic mass is 9.79. The van der Waals surface area contributed by atoms with Gasteiger partial charge in [0.15, 0.2) is 0 Å². The molecule has 0 fully saturated rings. The van der Waals surface area contributed by atoms with Crippen LogP contribution >= 0.6 is 0 Å². The summed E-state index contributed by atoms with van der Waals surface area (Å²) in [5.41, 5.74) is 11.5. The summed E-state index contributed by atoms with van der Waals surface area (Å²) in [4.78, 5) is 4.31. The van der Waals surface area contributed by atoms with E-state index in [0.29, 0.717) is 11.5 Å². The molecule has 1 atom stereocenters. The van der Waals surface area contributed by atoms with E-state index in [1.165, 1.54) is 11.1 Å². The van der Waals surface area contributed by atoms with Gasteiger partial charge in [-0.3, -0.25) is 0 Å². The van der Waals surface area contributed by atoms with Gasteiger partial charge in [-0.05, 0) is 47.4 Å². The van der Waals surface area contributed by atoms with Crippen LogP contribution in [0.2, 0.25) is 0 Å². The minimum absolute atomic E-state index is 0.205. The zero-order valence-corrected chi connectivity index (χ0v) is 17.7. The van der Waals surface area contributed by atoms with Crippen LogP contribution in [0.25, 0.3) is 11.2 Å². The number of rotatable bonds is 8. The van der Waals surface area contributed by atoms with Gasteiger partial charge in [0.25, 0.3) is 0 Å². The predicted molar refractivity (Wildman–Crippen MR) is 122 cm³/mol. The number of fused-ring (bicyclic) bond motifs is 1. The Labute approximate surface area is 177 Å². The van der Waals surface area contributed by atoms with Crippen LogP contribution < -0.4 is 5.73 Å². The number of H-pyrrole nitrogens is 1. The average Bonchev–Trinajstić information content (AvgIpc) is 3.20. The summed E-state index contributed by atoms with van der Waals surface area (Å²) in [5.74, 6) is 0.688. The van der Waals surface area contributed by atoms with E-state index < -0.39 is 0 Å². The number of anilines is 1. The number of pyridine rings is 1. The van der Waals surface area contributed by atoms with Crippen LogP contribution in [0.3, 0.4) is 0 Å². The van der Waals surface area contributed by atoms with Crippen molar-refractivity contribution in [3.8, 4) is 0 Å². The fourth-order valence-corrected chi connectivity index (χ4v) is 4.35. The molecule has 30 heavy (non-hydrogen) atoms. The van der Waals surface area contributed by atoms with E-state index in [1.54, 1.807) is 0 Å². The molecule has 0 amide bonds. The number of nitrogen functional groups attached to an aromatic ring is 1. The van der Waals surface area contributed by atoms with Crippen molar-refractivity contribution in [3.05, 3.63) is 83.4 Å². The fourth-order valence-electron chi connectivity index (χ4n) is 4.35. The Morgan fingerprint density at radius 3 is 2.40 bits per heavy atom. The normalized spacial score (nSPS) is 12.9. The van der Waals surface area contributed by atoms with Gasteiger partial charge >= 0.3 is 0 Å². The van der Waals surface area contributed by atoms with Crippen molar-refractivity contribution < 1.29 is 0 Å². The largest absolute Gasteiger partial charge is 0.384 e. The Morgan fingerprint density at radius 2 is 1.67 bits per heavy atom. The molecule has 0 spiro atoms. The van der Waals surface area contributed by atoms with E-state index in [0.717, 1.165) is 36.8 Å². The number of aromatic nitrogens is 4. The molecule has 4 aromatic rings. The Balaban J connectivity index is 1.55. The summed E-state index contributed by atoms with van der Waals surface area (Å²) in [7, 11) is 0. The van der Waals surface area contributed by atoms with Crippen LogP contribution in [0.15, 0.2) is 66.7 Å². The molecule has 0 saturated carbocycles. The first kappa shape index (κ1) is 20.1. The second-order valence-corrected chi connectivity index (χ2v) is 8.81. The van der Waals surface area contributed by atoms with Gasteiger partial charge in [-0.15, -0.1) is 5.10 Å². The molecule has 5 heteroatoms. The van der Waals surface area contributed by atoms with Crippen LogP contribution in [0.4, 0.5) is 5.82 Å². The highest BCUT2D eigenvalue weighted by Crippen LogP contribution is 2.36. The second kappa shape index (κ2) is 8.66. The highest BCUT2D eigenvalue weighted by atomic mass is 15.3. The summed E-state index contributed by atoms with van der Waals surface area (Å²) < 4.78 is 0. The van der Waals surface area contributed by atoms with Crippen molar-refractivity contribution in [2.45, 2.75) is 45.4 Å². The number of benzene rings is 2. The van der Waals surface area contributed by atoms with Gasteiger partial charge in [0.2, 0.25) is 5.65 Å². The number of nitrogens with one attached hydrogen (secondary N) is 1. The third-order valence-corrected chi connectivity index (χ3v) is 5.79. The molecule has 0 bridgehead atoms. The monoisotopic (exact) mass is 399 g/mol. The number of nitrogens with zero attached hydrogens (tertiary/aromatic N) is 3. The van der Waals surface area contributed by atoms with Crippen LogP contribution in [-0.2, 0) is 6.42 Å². The summed E-state index contributed by atoms with van der Waals surface area (Å²) in [6.45, 7) is 4.72. The smallest absolute Gasteiger partial charge is 0.203 e. The van der Waals surface area contributed by atoms with Crippen molar-refractivity contribution in [2.75, 3.05) is 5.73 Å². The molecule has 1 unspecified atom stereocenters. The summed E-state index contributed by atoms with van der Waals surface area (Å²) in [6.07, 6.45) is 4.36. The van der Waals surface area contributed by atoms with E-state index in [4.69, 9.17) is 5.73 Å². The Bertz CT molecular complexity index is 1090. The number of hydrogen-bond acceptors (Lipinski definition) is 4. The third-order valence-electron chi connectivity index (χ3n) is 5.79. The van der Waals surface area contributed by atoms with Crippen LogP contribution in [0.5, 0.6) is 0 Å². The molecule has 154 valence electrons. The molecule has 2 aromatic heterocycles. The molecular formula is C25H29N5. The molecule has 3 N–H and O–H groups in total. The van der Waals surface area contributed by atoms with Gasteiger partial charge in [-0.1, -0.05) is 80.9 Å². The van der Waals surface area contributed by atoms with Crippen molar-refractivity contribution in [3.63, 3.8) is 0 Å². The number of aromatic amines is 1. The van der Waals surface area contributed by atoms with Crippen molar-refractivity contribution in [1.82, 2.24) is 20.4 Å². The minimum Gasteiger partial charge on any atom is -0.384 e. The van der Waals surface area contributed by atoms with Gasteiger partial charge in [-0.2, -0.15) is 10.3 Å². The van der Waals surface area contributed by atoms with Gasteiger partial charge in [0, 0.05) is 5.92 Å². The van der Waals surface area contributed by atoms with Crippen LogP contribution in [0, 0.1) is 5.41 Å². The number of nitrogens with two attached hydrogens (primary N) is 1. The van der Waals surface area contributed by atoms with Gasteiger partial charge in [-0.25, -0.2) is 4.98 Å². The summed E-state index contributed by atoms with van der Waals surface area (Å²) in [5, 5.41) is 11.2. The molecule has 5 nitrogen and oxygen atoms in total. The molecule has 0 aliphatic carbocycles. The Hall–Kier alpha value is -3.21. The van der Waals surface area contributed by atoms with E-state index >= 15 is 0 Å². The van der Waals surface area contributed by atoms with Gasteiger partial charge in [0.05, 0.1) is 0 Å². The van der Waals surface area contributed by atoms with E-state index in [2.05, 4.69) is 94.9 Å². The predicted octanol–water partition coefficient (Wildman–Crippen LogP) is 5.51. The lowest BCUT2D eigenvalue weighted by Crippen LogP contribution is -2.15. The quantitative estimate of drug-likeness (QED) is 0.409. The summed E-state index contributed by atoms with van der Waals surface area (Å²) in [6, 6.07) is 23.3. The van der Waals surface area contributed by atoms with Gasteiger partial charge < -0.3 is 5.73 Å². The molecule has 0 radical (unpaired) electrons. The summed E-state index contributed by atoms with van der Waals surface area (Å²) >= 11 is 0. The third kappa shape index (κ3) is 4.67. The second-order valence-electron chi connectivity index (χ2n) is 8.81. The first-order valence-corrected chi connectivity index (χ1v) is 10.6. The van der Waals surface area contributed by atoms with Crippen LogP contribution in [0.1, 0.15) is 55.7 Å². The molecular weight excluding hydrogens is 370 g/mol. The standard InChI is InChI=1S/C25H29N5/c1-25(2,17-18-10-5-3-6-11-18)15-9-14-20(19-12-7-4-8-13-19)21-16-22(26)27-24-23(21)28-30-29-24/h3-8,10-13,16,20H,9,14-15,17H2,1-2H3,(H3,26,27,28,29,30). The molecule has 0 aliphatic heterocycles. The highest BCUT2D eigenvalue weighted by Gasteiger charge is 2.23. The maximum absolute atomic E-state index is 6.09. The molecule has 4 rings (SSSR count). The maximum atomic E-state index is 6.09. The molecule has 2 aromatic carbocycles. The zero-order chi connectivity index (χ0) is 21.0. The van der Waals surface area contributed by atoms with E-state index in [-0.39, 0.29) is 11.3 Å².